The van der Waals surface area contributed by atoms with Crippen LogP contribution in [0.4, 0.5) is 4.39 Å². The number of carboxylic acids is 1. The number of halogens is 3. The molecule has 0 bridgehead atoms. The second-order valence-corrected chi connectivity index (χ2v) is 7.64. The van der Waals surface area contributed by atoms with Crippen molar-refractivity contribution in [1.29, 1.82) is 0 Å². The second kappa shape index (κ2) is 8.95. The van der Waals surface area contributed by atoms with Crippen LogP contribution >= 0.6 is 23.2 Å². The van der Waals surface area contributed by atoms with E-state index in [9.17, 15) is 23.9 Å². The van der Waals surface area contributed by atoms with E-state index < -0.39 is 29.4 Å². The van der Waals surface area contributed by atoms with Gasteiger partial charge in [-0.15, -0.1) is 0 Å². The van der Waals surface area contributed by atoms with Gasteiger partial charge in [0, 0.05) is 29.3 Å². The number of benzene rings is 2. The lowest BCUT2D eigenvalue weighted by Gasteiger charge is -2.09. The minimum Gasteiger partial charge on any atom is -0.505 e. The molecule has 0 radical (unpaired) electrons. The van der Waals surface area contributed by atoms with Gasteiger partial charge in [0.25, 0.3) is 5.91 Å². The van der Waals surface area contributed by atoms with Gasteiger partial charge in [-0.2, -0.15) is 0 Å². The Bertz CT molecular complexity index is 1220. The number of nitrogens with zero attached hydrogens (tertiary/aromatic N) is 1. The van der Waals surface area contributed by atoms with Crippen molar-refractivity contribution >= 4 is 51.9 Å². The van der Waals surface area contributed by atoms with E-state index in [1.54, 1.807) is 6.92 Å². The summed E-state index contributed by atoms with van der Waals surface area (Å²) in [4.78, 5) is 36.1. The monoisotopic (exact) mass is 466 g/mol. The highest BCUT2D eigenvalue weighted by atomic mass is 35.5. The van der Waals surface area contributed by atoms with Crippen LogP contribution in [0.1, 0.15) is 28.0 Å². The summed E-state index contributed by atoms with van der Waals surface area (Å²) in [6, 6.07) is 6.47. The summed E-state index contributed by atoms with van der Waals surface area (Å²) in [5.74, 6) is -3.61. The molecule has 2 aromatic carbocycles. The minimum absolute atomic E-state index is 0.0616. The Morgan fingerprint density at radius 1 is 1.13 bits per heavy atom. The third-order valence-electron chi connectivity index (χ3n) is 4.77. The molecule has 0 fully saturated rings. The van der Waals surface area contributed by atoms with E-state index in [1.807, 2.05) is 0 Å². The zero-order chi connectivity index (χ0) is 22.9. The molecule has 0 atom stereocenters. The van der Waals surface area contributed by atoms with E-state index in [0.717, 1.165) is 12.1 Å². The summed E-state index contributed by atoms with van der Waals surface area (Å²) >= 11 is 11.9. The lowest BCUT2D eigenvalue weighted by Crippen LogP contribution is -2.27. The van der Waals surface area contributed by atoms with E-state index in [4.69, 9.17) is 28.3 Å². The van der Waals surface area contributed by atoms with Crippen molar-refractivity contribution in [2.75, 3.05) is 6.54 Å². The standard InChI is InChI=1S/C21H17Cl2FN2O5/c1-10-12(8-19(28)25-5-4-20(29)30)13-7-18(27)16(24)9-17(13)26(10)21(31)11-2-3-14(22)15(23)6-11/h2-3,6-7,9,27H,4-5,8H2,1H3,(H,25,28)(H,29,30). The molecule has 1 heterocycles. The maximum atomic E-state index is 14.1. The summed E-state index contributed by atoms with van der Waals surface area (Å²) in [5.41, 5.74) is 1.12. The van der Waals surface area contributed by atoms with Crippen LogP contribution in [0.25, 0.3) is 10.9 Å². The number of aromatic hydroxyl groups is 1. The van der Waals surface area contributed by atoms with Crippen molar-refractivity contribution in [3.05, 3.63) is 63.0 Å². The first-order valence-electron chi connectivity index (χ1n) is 9.10. The molecule has 162 valence electrons. The Morgan fingerprint density at radius 2 is 1.84 bits per heavy atom. The molecule has 10 heteroatoms. The first-order chi connectivity index (χ1) is 14.6. The van der Waals surface area contributed by atoms with E-state index >= 15 is 0 Å². The van der Waals surface area contributed by atoms with Crippen molar-refractivity contribution in [3.63, 3.8) is 0 Å². The Labute approximate surface area is 186 Å². The second-order valence-electron chi connectivity index (χ2n) is 6.82. The topological polar surface area (TPSA) is 109 Å². The third-order valence-corrected chi connectivity index (χ3v) is 5.51. The molecule has 1 amide bonds. The molecule has 3 N–H and O–H groups in total. The minimum atomic E-state index is -1.05. The van der Waals surface area contributed by atoms with Crippen LogP contribution in [-0.2, 0) is 16.0 Å². The van der Waals surface area contributed by atoms with Crippen molar-refractivity contribution in [3.8, 4) is 5.75 Å². The van der Waals surface area contributed by atoms with Crippen molar-refractivity contribution in [2.24, 2.45) is 0 Å². The zero-order valence-electron chi connectivity index (χ0n) is 16.2. The van der Waals surface area contributed by atoms with E-state index in [2.05, 4.69) is 5.32 Å². The van der Waals surface area contributed by atoms with Gasteiger partial charge in [0.15, 0.2) is 11.6 Å². The number of carbonyl (C=O) groups is 3. The van der Waals surface area contributed by atoms with Gasteiger partial charge in [-0.3, -0.25) is 19.0 Å². The van der Waals surface area contributed by atoms with Crippen molar-refractivity contribution in [1.82, 2.24) is 9.88 Å². The summed E-state index contributed by atoms with van der Waals surface area (Å²) < 4.78 is 15.3. The van der Waals surface area contributed by atoms with Gasteiger partial charge in [0.1, 0.15) is 0 Å². The molecule has 0 aliphatic carbocycles. The van der Waals surface area contributed by atoms with Gasteiger partial charge in [0.2, 0.25) is 5.91 Å². The normalized spacial score (nSPS) is 11.0. The van der Waals surface area contributed by atoms with Crippen LogP contribution in [0, 0.1) is 12.7 Å². The molecule has 3 aromatic rings. The molecule has 3 rings (SSSR count). The summed E-state index contributed by atoms with van der Waals surface area (Å²) in [6.07, 6.45) is -0.441. The first kappa shape index (κ1) is 22.6. The molecule has 0 saturated carbocycles. The molecule has 7 nitrogen and oxygen atoms in total. The fourth-order valence-electron chi connectivity index (χ4n) is 3.26. The number of amides is 1. The summed E-state index contributed by atoms with van der Waals surface area (Å²) in [6.45, 7) is 1.53. The smallest absolute Gasteiger partial charge is 0.305 e. The number of fused-ring (bicyclic) bond motifs is 1. The maximum absolute atomic E-state index is 14.1. The first-order valence-corrected chi connectivity index (χ1v) is 9.86. The predicted molar refractivity (Wildman–Crippen MR) is 113 cm³/mol. The molecular weight excluding hydrogens is 450 g/mol. The number of rotatable bonds is 6. The largest absolute Gasteiger partial charge is 0.505 e. The quantitative estimate of drug-likeness (QED) is 0.509. The van der Waals surface area contributed by atoms with Crippen LogP contribution in [0.3, 0.4) is 0 Å². The molecular formula is C21H17Cl2FN2O5. The zero-order valence-corrected chi connectivity index (χ0v) is 17.7. The Hall–Kier alpha value is -3.10. The SMILES string of the molecule is Cc1c(CC(=O)NCCC(=O)O)c2cc(O)c(F)cc2n1C(=O)c1ccc(Cl)c(Cl)c1. The van der Waals surface area contributed by atoms with Gasteiger partial charge in [-0.05, 0) is 36.8 Å². The van der Waals surface area contributed by atoms with Gasteiger partial charge in [-0.1, -0.05) is 23.2 Å². The van der Waals surface area contributed by atoms with Crippen LogP contribution in [-0.4, -0.2) is 39.1 Å². The lowest BCUT2D eigenvalue weighted by atomic mass is 10.1. The molecule has 1 aromatic heterocycles. The number of phenolic OH excluding ortho intramolecular Hbond substituents is 1. The Kier molecular flexibility index (Phi) is 6.52. The molecule has 31 heavy (non-hydrogen) atoms. The maximum Gasteiger partial charge on any atom is 0.305 e. The van der Waals surface area contributed by atoms with Gasteiger partial charge < -0.3 is 15.5 Å². The number of hydrogen-bond acceptors (Lipinski definition) is 4. The third kappa shape index (κ3) is 4.65. The van der Waals surface area contributed by atoms with Crippen LogP contribution in [0.15, 0.2) is 30.3 Å². The van der Waals surface area contributed by atoms with Crippen LogP contribution in [0.5, 0.6) is 5.75 Å². The highest BCUT2D eigenvalue weighted by Crippen LogP contribution is 2.32. The molecule has 0 aliphatic rings. The average Bonchev–Trinajstić information content (AvgIpc) is 2.94. The number of hydrogen-bond donors (Lipinski definition) is 3. The van der Waals surface area contributed by atoms with Crippen LogP contribution < -0.4 is 5.32 Å². The van der Waals surface area contributed by atoms with E-state index in [1.165, 1.54) is 22.8 Å². The van der Waals surface area contributed by atoms with E-state index in [-0.39, 0.29) is 40.5 Å². The lowest BCUT2D eigenvalue weighted by molar-refractivity contribution is -0.136. The number of carbonyl (C=O) groups excluding carboxylic acids is 2. The number of carboxylic acid groups (broad SMARTS) is 1. The molecule has 0 spiro atoms. The Balaban J connectivity index is 2.07. The van der Waals surface area contributed by atoms with E-state index in [0.29, 0.717) is 16.6 Å². The number of phenols is 1. The summed E-state index contributed by atoms with van der Waals surface area (Å²) in [5, 5.41) is 21.8. The fraction of sp³-hybridized carbons (Fsp3) is 0.190. The number of aliphatic carboxylic acids is 1. The van der Waals surface area contributed by atoms with Gasteiger partial charge in [0.05, 0.1) is 28.4 Å². The fourth-order valence-corrected chi connectivity index (χ4v) is 3.56. The average molecular weight is 467 g/mol. The molecule has 0 unspecified atom stereocenters. The van der Waals surface area contributed by atoms with Gasteiger partial charge in [-0.25, -0.2) is 4.39 Å². The number of nitrogens with one attached hydrogen (secondary N) is 1. The highest BCUT2D eigenvalue weighted by Gasteiger charge is 2.23. The van der Waals surface area contributed by atoms with Gasteiger partial charge >= 0.3 is 5.97 Å². The number of aromatic nitrogens is 1. The van der Waals surface area contributed by atoms with Crippen molar-refractivity contribution < 1.29 is 29.0 Å². The summed E-state index contributed by atoms with van der Waals surface area (Å²) in [7, 11) is 0. The van der Waals surface area contributed by atoms with Crippen LogP contribution in [0.2, 0.25) is 10.0 Å². The Morgan fingerprint density at radius 3 is 2.48 bits per heavy atom. The van der Waals surface area contributed by atoms with Crippen molar-refractivity contribution in [2.45, 2.75) is 19.8 Å². The highest BCUT2D eigenvalue weighted by molar-refractivity contribution is 6.42. The molecule has 0 aliphatic heterocycles. The predicted octanol–water partition coefficient (Wildman–Crippen LogP) is 3.92. The molecule has 0 saturated heterocycles.